The second kappa shape index (κ2) is 8.10. The first-order valence-electron chi connectivity index (χ1n) is 11.3. The first-order valence-corrected chi connectivity index (χ1v) is 11.3. The van der Waals surface area contributed by atoms with E-state index in [1.54, 1.807) is 16.7 Å². The third kappa shape index (κ3) is 3.75. The topological polar surface area (TPSA) is 60.1 Å². The van der Waals surface area contributed by atoms with Crippen LogP contribution in [0.15, 0.2) is 33.9 Å². The van der Waals surface area contributed by atoms with Gasteiger partial charge in [-0.15, -0.1) is 0 Å². The number of hydrogen-bond acceptors (Lipinski definition) is 4. The van der Waals surface area contributed by atoms with Crippen molar-refractivity contribution in [1.29, 1.82) is 0 Å². The van der Waals surface area contributed by atoms with Crippen LogP contribution in [0.3, 0.4) is 0 Å². The van der Waals surface area contributed by atoms with Crippen LogP contribution in [0.2, 0.25) is 0 Å². The van der Waals surface area contributed by atoms with Crippen molar-refractivity contribution in [3.8, 4) is 0 Å². The summed E-state index contributed by atoms with van der Waals surface area (Å²) >= 11 is 0. The van der Waals surface area contributed by atoms with Crippen LogP contribution in [0.1, 0.15) is 55.8 Å². The van der Waals surface area contributed by atoms with E-state index in [-0.39, 0.29) is 11.7 Å². The van der Waals surface area contributed by atoms with Gasteiger partial charge in [-0.25, -0.2) is 9.07 Å². The van der Waals surface area contributed by atoms with E-state index in [2.05, 4.69) is 4.90 Å². The highest BCUT2D eigenvalue weighted by Gasteiger charge is 2.40. The summed E-state index contributed by atoms with van der Waals surface area (Å²) in [7, 11) is 0. The van der Waals surface area contributed by atoms with Gasteiger partial charge in [-0.1, -0.05) is 31.4 Å². The minimum atomic E-state index is -0.473. The predicted octanol–water partition coefficient (Wildman–Crippen LogP) is 2.74. The van der Waals surface area contributed by atoms with Crippen molar-refractivity contribution < 1.29 is 4.39 Å². The molecular weight excluding hydrogens is 383 g/mol. The van der Waals surface area contributed by atoms with Gasteiger partial charge in [-0.3, -0.25) is 19.1 Å². The minimum Gasteiger partial charge on any atom is -0.298 e. The number of benzene rings is 1. The second-order valence-corrected chi connectivity index (χ2v) is 9.29. The zero-order valence-electron chi connectivity index (χ0n) is 17.3. The third-order valence-corrected chi connectivity index (χ3v) is 7.20. The summed E-state index contributed by atoms with van der Waals surface area (Å²) in [6.45, 7) is 3.54. The van der Waals surface area contributed by atoms with E-state index < -0.39 is 11.1 Å². The van der Waals surface area contributed by atoms with Crippen molar-refractivity contribution in [3.63, 3.8) is 0 Å². The molecule has 0 unspecified atom stereocenters. The molecule has 7 heteroatoms. The number of aromatic nitrogens is 3. The highest BCUT2D eigenvalue weighted by Crippen LogP contribution is 2.37. The van der Waals surface area contributed by atoms with E-state index in [1.807, 2.05) is 6.07 Å². The summed E-state index contributed by atoms with van der Waals surface area (Å²) in [6.07, 6.45) is 6.84. The fraction of sp³-hybridized carbons (Fsp3) is 0.609. The molecule has 30 heavy (non-hydrogen) atoms. The lowest BCUT2D eigenvalue weighted by molar-refractivity contribution is 0.157. The van der Waals surface area contributed by atoms with Gasteiger partial charge in [0.05, 0.1) is 0 Å². The molecule has 0 bridgehead atoms. The highest BCUT2D eigenvalue weighted by atomic mass is 19.1. The number of nitrogens with zero attached hydrogens (tertiary/aromatic N) is 4. The van der Waals surface area contributed by atoms with Crippen LogP contribution >= 0.6 is 0 Å². The summed E-state index contributed by atoms with van der Waals surface area (Å²) < 4.78 is 16.6. The maximum atomic E-state index is 13.6. The Hall–Kier alpha value is -2.28. The molecule has 160 valence electrons. The summed E-state index contributed by atoms with van der Waals surface area (Å²) in [5.74, 6) is 1.49. The first-order chi connectivity index (χ1) is 14.6. The lowest BCUT2D eigenvalue weighted by Crippen LogP contribution is -2.44. The van der Waals surface area contributed by atoms with Crippen molar-refractivity contribution >= 4 is 0 Å². The van der Waals surface area contributed by atoms with Gasteiger partial charge >= 0.3 is 11.1 Å². The Balaban J connectivity index is 1.38. The molecule has 1 aliphatic carbocycles. The Morgan fingerprint density at radius 1 is 1.03 bits per heavy atom. The van der Waals surface area contributed by atoms with Crippen LogP contribution in [0.5, 0.6) is 0 Å². The minimum absolute atomic E-state index is 0.151. The van der Waals surface area contributed by atoms with E-state index in [0.29, 0.717) is 31.5 Å². The smallest absolute Gasteiger partial charge is 0.298 e. The normalized spacial score (nSPS) is 24.6. The molecule has 5 rings (SSSR count). The van der Waals surface area contributed by atoms with Crippen molar-refractivity contribution in [2.24, 2.45) is 11.8 Å². The zero-order chi connectivity index (χ0) is 20.7. The van der Waals surface area contributed by atoms with Crippen LogP contribution in [0, 0.1) is 17.7 Å². The third-order valence-electron chi connectivity index (χ3n) is 7.20. The van der Waals surface area contributed by atoms with Crippen LogP contribution in [-0.4, -0.2) is 32.3 Å². The van der Waals surface area contributed by atoms with Crippen LogP contribution < -0.4 is 11.1 Å². The van der Waals surface area contributed by atoms with E-state index in [9.17, 15) is 14.0 Å². The standard InChI is InChI=1S/C23H29FN4O2/c24-19-8-4-7-17(11-19)12-26-10-9-18-14-27-21(20(18)15-26)25-28(23(30)22(27)29)13-16-5-2-1-3-6-16/h4,7-8,11,16,18,20H,1-3,5-6,9-10,12-15H2/t18-,20+/m1/s1. The summed E-state index contributed by atoms with van der Waals surface area (Å²) in [4.78, 5) is 27.8. The van der Waals surface area contributed by atoms with Gasteiger partial charge < -0.3 is 0 Å². The van der Waals surface area contributed by atoms with Crippen molar-refractivity contribution in [2.75, 3.05) is 13.1 Å². The van der Waals surface area contributed by atoms with Gasteiger partial charge in [0.15, 0.2) is 0 Å². The average Bonchev–Trinajstić information content (AvgIpc) is 3.11. The lowest BCUT2D eigenvalue weighted by atomic mass is 9.87. The number of piperidine rings is 1. The van der Waals surface area contributed by atoms with Crippen LogP contribution in [-0.2, 0) is 19.6 Å². The van der Waals surface area contributed by atoms with Crippen molar-refractivity contribution in [3.05, 3.63) is 62.2 Å². The van der Waals surface area contributed by atoms with Crippen molar-refractivity contribution in [2.45, 2.75) is 64.1 Å². The molecule has 3 aliphatic rings. The maximum Gasteiger partial charge on any atom is 0.332 e. The van der Waals surface area contributed by atoms with Crippen molar-refractivity contribution in [1.82, 2.24) is 19.2 Å². The van der Waals surface area contributed by atoms with Crippen LogP contribution in [0.25, 0.3) is 0 Å². The molecule has 0 N–H and O–H groups in total. The molecule has 0 radical (unpaired) electrons. The van der Waals surface area contributed by atoms with Crippen LogP contribution in [0.4, 0.5) is 4.39 Å². The molecule has 2 atom stereocenters. The molecule has 1 aromatic carbocycles. The number of halogens is 1. The van der Waals surface area contributed by atoms with Gasteiger partial charge in [0.2, 0.25) is 0 Å². The van der Waals surface area contributed by atoms with E-state index in [4.69, 9.17) is 5.10 Å². The molecule has 0 spiro atoms. The molecule has 1 saturated carbocycles. The lowest BCUT2D eigenvalue weighted by Gasteiger charge is -2.34. The molecule has 2 fully saturated rings. The fourth-order valence-corrected chi connectivity index (χ4v) is 5.59. The largest absolute Gasteiger partial charge is 0.332 e. The quantitative estimate of drug-likeness (QED) is 0.725. The molecule has 6 nitrogen and oxygen atoms in total. The second-order valence-electron chi connectivity index (χ2n) is 9.29. The number of likely N-dealkylation sites (tertiary alicyclic amines) is 1. The molecule has 0 amide bonds. The van der Waals surface area contributed by atoms with E-state index in [0.717, 1.165) is 43.7 Å². The predicted molar refractivity (Wildman–Crippen MR) is 112 cm³/mol. The molecule has 3 heterocycles. The number of fused-ring (bicyclic) bond motifs is 3. The Labute approximate surface area is 175 Å². The summed E-state index contributed by atoms with van der Waals surface area (Å²) in [6, 6.07) is 6.74. The molecule has 1 saturated heterocycles. The Morgan fingerprint density at radius 2 is 1.87 bits per heavy atom. The molecular formula is C23H29FN4O2. The Kier molecular flexibility index (Phi) is 5.31. The number of rotatable bonds is 4. The van der Waals surface area contributed by atoms with Gasteiger partial charge in [-0.2, -0.15) is 5.10 Å². The molecule has 1 aromatic heterocycles. The summed E-state index contributed by atoms with van der Waals surface area (Å²) in [5.41, 5.74) is 0.0699. The van der Waals surface area contributed by atoms with Gasteiger partial charge in [0, 0.05) is 32.1 Å². The zero-order valence-corrected chi connectivity index (χ0v) is 17.3. The van der Waals surface area contributed by atoms with E-state index in [1.165, 1.54) is 30.0 Å². The number of hydrogen-bond donors (Lipinski definition) is 0. The first kappa shape index (κ1) is 19.7. The van der Waals surface area contributed by atoms with E-state index >= 15 is 0 Å². The highest BCUT2D eigenvalue weighted by molar-refractivity contribution is 5.17. The van der Waals surface area contributed by atoms with Gasteiger partial charge in [-0.05, 0) is 55.3 Å². The average molecular weight is 413 g/mol. The van der Waals surface area contributed by atoms with Gasteiger partial charge in [0.1, 0.15) is 11.6 Å². The summed E-state index contributed by atoms with van der Waals surface area (Å²) in [5, 5.41) is 4.73. The Morgan fingerprint density at radius 3 is 2.67 bits per heavy atom. The Bertz CT molecular complexity index is 1040. The SMILES string of the molecule is O=c1c(=O)n2c(nn1CC1CCCCC1)[C@H]1CN(Cc3cccc(F)c3)CC[C@@H]1C2. The molecule has 2 aliphatic heterocycles. The maximum absolute atomic E-state index is 13.6. The fourth-order valence-electron chi connectivity index (χ4n) is 5.59. The molecule has 2 aromatic rings. The monoisotopic (exact) mass is 412 g/mol. The van der Waals surface area contributed by atoms with Gasteiger partial charge in [0.25, 0.3) is 0 Å².